The lowest BCUT2D eigenvalue weighted by Crippen LogP contribution is -2.51. The van der Waals surface area contributed by atoms with Gasteiger partial charge in [0.05, 0.1) is 6.07 Å². The summed E-state index contributed by atoms with van der Waals surface area (Å²) in [5.74, 6) is 0.579. The number of rotatable bonds is 3. The third-order valence-electron chi connectivity index (χ3n) is 4.76. The van der Waals surface area contributed by atoms with Crippen molar-refractivity contribution in [1.29, 1.82) is 5.26 Å². The van der Waals surface area contributed by atoms with Gasteiger partial charge in [-0.1, -0.05) is 38.5 Å². The maximum absolute atomic E-state index is 9.53. The minimum Gasteiger partial charge on any atom is -0.297 e. The maximum Gasteiger partial charge on any atom is 0.106 e. The van der Waals surface area contributed by atoms with Gasteiger partial charge in [0.1, 0.15) is 5.54 Å². The van der Waals surface area contributed by atoms with E-state index in [1.54, 1.807) is 0 Å². The zero-order valence-electron chi connectivity index (χ0n) is 11.2. The van der Waals surface area contributed by atoms with Gasteiger partial charge in [-0.15, -0.1) is 0 Å². The lowest BCUT2D eigenvalue weighted by molar-refractivity contribution is 0.258. The first-order chi connectivity index (χ1) is 8.24. The predicted molar refractivity (Wildman–Crippen MR) is 70.6 cm³/mol. The highest BCUT2D eigenvalue weighted by atomic mass is 15.0. The van der Waals surface area contributed by atoms with E-state index in [0.29, 0.717) is 12.0 Å². The minimum atomic E-state index is -0.272. The second-order valence-corrected chi connectivity index (χ2v) is 6.13. The molecule has 2 fully saturated rings. The molecule has 1 unspecified atom stereocenters. The van der Waals surface area contributed by atoms with Crippen LogP contribution in [0.4, 0.5) is 0 Å². The van der Waals surface area contributed by atoms with Crippen LogP contribution in [0, 0.1) is 17.2 Å². The molecule has 0 radical (unpaired) electrons. The summed E-state index contributed by atoms with van der Waals surface area (Å²) in [6.45, 7) is 2.13. The van der Waals surface area contributed by atoms with Crippen molar-refractivity contribution in [2.75, 3.05) is 0 Å². The third kappa shape index (κ3) is 3.22. The van der Waals surface area contributed by atoms with Crippen LogP contribution in [0.5, 0.6) is 0 Å². The zero-order valence-corrected chi connectivity index (χ0v) is 11.2. The average molecular weight is 234 g/mol. The Morgan fingerprint density at radius 2 is 1.47 bits per heavy atom. The van der Waals surface area contributed by atoms with E-state index < -0.39 is 0 Å². The van der Waals surface area contributed by atoms with E-state index >= 15 is 0 Å². The van der Waals surface area contributed by atoms with Crippen LogP contribution in [0.15, 0.2) is 0 Å². The highest BCUT2D eigenvalue weighted by Gasteiger charge is 2.37. The van der Waals surface area contributed by atoms with Gasteiger partial charge in [0.2, 0.25) is 0 Å². The van der Waals surface area contributed by atoms with Gasteiger partial charge in [-0.05, 0) is 38.5 Å². The molecule has 0 aromatic heterocycles. The van der Waals surface area contributed by atoms with E-state index in [1.807, 2.05) is 0 Å². The fraction of sp³-hybridized carbons (Fsp3) is 0.933. The molecule has 0 aromatic carbocycles. The summed E-state index contributed by atoms with van der Waals surface area (Å²) in [5.41, 5.74) is -0.272. The molecule has 0 bridgehead atoms. The Hall–Kier alpha value is -0.550. The first-order valence-corrected chi connectivity index (χ1v) is 7.43. The van der Waals surface area contributed by atoms with Crippen LogP contribution in [0.25, 0.3) is 0 Å². The molecular weight excluding hydrogens is 208 g/mol. The van der Waals surface area contributed by atoms with Crippen molar-refractivity contribution in [3.05, 3.63) is 0 Å². The van der Waals surface area contributed by atoms with Crippen molar-refractivity contribution in [1.82, 2.24) is 5.32 Å². The summed E-state index contributed by atoms with van der Waals surface area (Å²) < 4.78 is 0. The molecule has 2 aliphatic carbocycles. The third-order valence-corrected chi connectivity index (χ3v) is 4.76. The smallest absolute Gasteiger partial charge is 0.106 e. The molecule has 1 atom stereocenters. The molecule has 0 saturated heterocycles. The van der Waals surface area contributed by atoms with Crippen molar-refractivity contribution in [3.8, 4) is 6.07 Å². The summed E-state index contributed by atoms with van der Waals surface area (Å²) in [5, 5.41) is 13.2. The van der Waals surface area contributed by atoms with Gasteiger partial charge in [-0.3, -0.25) is 5.32 Å². The lowest BCUT2D eigenvalue weighted by atomic mass is 9.84. The Morgan fingerprint density at radius 1 is 0.941 bits per heavy atom. The molecule has 2 heteroatoms. The van der Waals surface area contributed by atoms with Crippen LogP contribution in [0.3, 0.4) is 0 Å². The predicted octanol–water partition coefficient (Wildman–Crippen LogP) is 3.77. The van der Waals surface area contributed by atoms with Gasteiger partial charge in [-0.25, -0.2) is 0 Å². The van der Waals surface area contributed by atoms with Gasteiger partial charge in [0.25, 0.3) is 0 Å². The van der Waals surface area contributed by atoms with Crippen LogP contribution < -0.4 is 5.32 Å². The first kappa shape index (κ1) is 12.9. The number of hydrogen-bond donors (Lipinski definition) is 1. The molecule has 2 aliphatic rings. The molecule has 0 heterocycles. The van der Waals surface area contributed by atoms with Crippen LogP contribution in [0.2, 0.25) is 0 Å². The summed E-state index contributed by atoms with van der Waals surface area (Å²) in [6, 6.07) is 3.16. The molecule has 2 rings (SSSR count). The SMILES string of the molecule is CC(C#N)(NC1CCCCCC1)C1CCCC1. The molecule has 2 nitrogen and oxygen atoms in total. The Bertz CT molecular complexity index is 267. The minimum absolute atomic E-state index is 0.272. The topological polar surface area (TPSA) is 35.8 Å². The van der Waals surface area contributed by atoms with E-state index in [2.05, 4.69) is 18.3 Å². The molecule has 0 aromatic rings. The van der Waals surface area contributed by atoms with Gasteiger partial charge >= 0.3 is 0 Å². The number of nitrogens with one attached hydrogen (secondary N) is 1. The van der Waals surface area contributed by atoms with Crippen molar-refractivity contribution in [2.24, 2.45) is 5.92 Å². The number of hydrogen-bond acceptors (Lipinski definition) is 2. The van der Waals surface area contributed by atoms with E-state index in [1.165, 1.54) is 64.2 Å². The zero-order chi connectivity index (χ0) is 12.1. The highest BCUT2D eigenvalue weighted by Crippen LogP contribution is 2.34. The van der Waals surface area contributed by atoms with Crippen molar-refractivity contribution in [3.63, 3.8) is 0 Å². The molecule has 2 saturated carbocycles. The first-order valence-electron chi connectivity index (χ1n) is 7.43. The van der Waals surface area contributed by atoms with Crippen molar-refractivity contribution in [2.45, 2.75) is 82.7 Å². The number of nitrogens with zero attached hydrogens (tertiary/aromatic N) is 1. The summed E-state index contributed by atoms with van der Waals surface area (Å²) in [4.78, 5) is 0. The van der Waals surface area contributed by atoms with Crippen LogP contribution in [-0.4, -0.2) is 11.6 Å². The van der Waals surface area contributed by atoms with E-state index in [9.17, 15) is 5.26 Å². The van der Waals surface area contributed by atoms with Gasteiger partial charge in [0, 0.05) is 6.04 Å². The highest BCUT2D eigenvalue weighted by molar-refractivity contribution is 5.10. The maximum atomic E-state index is 9.53. The molecule has 0 amide bonds. The monoisotopic (exact) mass is 234 g/mol. The van der Waals surface area contributed by atoms with Crippen molar-refractivity contribution < 1.29 is 0 Å². The summed E-state index contributed by atoms with van der Waals surface area (Å²) in [6.07, 6.45) is 13.1. The fourth-order valence-electron chi connectivity index (χ4n) is 3.59. The van der Waals surface area contributed by atoms with E-state index in [0.717, 1.165) is 0 Å². The van der Waals surface area contributed by atoms with Crippen LogP contribution >= 0.6 is 0 Å². The molecule has 96 valence electrons. The number of nitriles is 1. The second-order valence-electron chi connectivity index (χ2n) is 6.13. The van der Waals surface area contributed by atoms with Crippen molar-refractivity contribution >= 4 is 0 Å². The Morgan fingerprint density at radius 3 is 2.00 bits per heavy atom. The Balaban J connectivity index is 1.95. The second kappa shape index (κ2) is 5.87. The van der Waals surface area contributed by atoms with E-state index in [-0.39, 0.29) is 5.54 Å². The Labute approximate surface area is 106 Å². The Kier molecular flexibility index (Phi) is 4.45. The van der Waals surface area contributed by atoms with E-state index in [4.69, 9.17) is 0 Å². The molecule has 0 aliphatic heterocycles. The van der Waals surface area contributed by atoms with Gasteiger partial charge in [0.15, 0.2) is 0 Å². The molecule has 17 heavy (non-hydrogen) atoms. The quantitative estimate of drug-likeness (QED) is 0.754. The summed E-state index contributed by atoms with van der Waals surface area (Å²) in [7, 11) is 0. The fourth-order valence-corrected chi connectivity index (χ4v) is 3.59. The van der Waals surface area contributed by atoms with Crippen LogP contribution in [0.1, 0.15) is 71.1 Å². The molecular formula is C15H26N2. The average Bonchev–Trinajstić information content (AvgIpc) is 2.77. The largest absolute Gasteiger partial charge is 0.297 e. The molecule has 0 spiro atoms. The molecule has 1 N–H and O–H groups in total. The van der Waals surface area contributed by atoms with Crippen LogP contribution in [-0.2, 0) is 0 Å². The normalized spacial score (nSPS) is 27.3. The van der Waals surface area contributed by atoms with Gasteiger partial charge < -0.3 is 0 Å². The van der Waals surface area contributed by atoms with Gasteiger partial charge in [-0.2, -0.15) is 5.26 Å². The summed E-state index contributed by atoms with van der Waals surface area (Å²) >= 11 is 0. The standard InChI is InChI=1S/C15H26N2/c1-15(12-16,13-8-6-7-9-13)17-14-10-4-2-3-5-11-14/h13-14,17H,2-11H2,1H3. The lowest BCUT2D eigenvalue weighted by Gasteiger charge is -2.34.